The fraction of sp³-hybridized carbons (Fsp3) is 0.429. The van der Waals surface area contributed by atoms with Crippen molar-refractivity contribution in [3.63, 3.8) is 0 Å². The van der Waals surface area contributed by atoms with Crippen LogP contribution in [0.15, 0.2) is 30.3 Å². The van der Waals surface area contributed by atoms with E-state index in [1.807, 2.05) is 0 Å². The van der Waals surface area contributed by atoms with Crippen LogP contribution in [0.4, 0.5) is 0 Å². The first-order chi connectivity index (χ1) is 13.4. The standard InChI is InChI=1S/C21H24N6/c1-3-8-14(9-4-1)18-15-10-5-2-6-11-16(15)23-20(17-12-7-13-22-17)19(18)21-24-26-27-25-21/h1,3-4,8-9,17,22H,2,5-7,10-13H2,(H,24,25,26,27)/t17-/m0/s1. The molecule has 3 aromatic rings. The average molecular weight is 360 g/mol. The minimum Gasteiger partial charge on any atom is -0.309 e. The molecule has 1 aromatic carbocycles. The fourth-order valence-electron chi connectivity index (χ4n) is 4.54. The van der Waals surface area contributed by atoms with Crippen molar-refractivity contribution in [2.24, 2.45) is 0 Å². The Hall–Kier alpha value is -2.60. The van der Waals surface area contributed by atoms with Crippen LogP contribution in [0.2, 0.25) is 0 Å². The lowest BCUT2D eigenvalue weighted by molar-refractivity contribution is 0.623. The van der Waals surface area contributed by atoms with Crippen LogP contribution < -0.4 is 5.32 Å². The Morgan fingerprint density at radius 3 is 2.59 bits per heavy atom. The van der Waals surface area contributed by atoms with Gasteiger partial charge >= 0.3 is 0 Å². The molecule has 0 spiro atoms. The van der Waals surface area contributed by atoms with Gasteiger partial charge < -0.3 is 5.32 Å². The molecule has 27 heavy (non-hydrogen) atoms. The minimum atomic E-state index is 0.265. The highest BCUT2D eigenvalue weighted by molar-refractivity contribution is 5.85. The van der Waals surface area contributed by atoms with Gasteiger partial charge in [-0.25, -0.2) is 5.10 Å². The van der Waals surface area contributed by atoms with Crippen LogP contribution >= 0.6 is 0 Å². The molecule has 0 radical (unpaired) electrons. The molecule has 1 atom stereocenters. The molecule has 2 aromatic heterocycles. The quantitative estimate of drug-likeness (QED) is 0.698. The Morgan fingerprint density at radius 2 is 1.81 bits per heavy atom. The highest BCUT2D eigenvalue weighted by atomic mass is 15.5. The minimum absolute atomic E-state index is 0.265. The summed E-state index contributed by atoms with van der Waals surface area (Å²) in [6.07, 6.45) is 8.11. The number of tetrazole rings is 1. The number of aromatic nitrogens is 5. The zero-order valence-electron chi connectivity index (χ0n) is 15.4. The van der Waals surface area contributed by atoms with E-state index in [0.717, 1.165) is 42.9 Å². The third-order valence-corrected chi connectivity index (χ3v) is 5.79. The number of hydrogen-bond donors (Lipinski definition) is 2. The first-order valence-electron chi connectivity index (χ1n) is 10.0. The molecule has 3 heterocycles. The van der Waals surface area contributed by atoms with E-state index in [4.69, 9.17) is 4.98 Å². The van der Waals surface area contributed by atoms with E-state index in [0.29, 0.717) is 0 Å². The highest BCUT2D eigenvalue weighted by Gasteiger charge is 2.29. The molecule has 2 aliphatic rings. The van der Waals surface area contributed by atoms with Crippen molar-refractivity contribution in [1.29, 1.82) is 0 Å². The molecule has 0 saturated carbocycles. The molecule has 1 aliphatic heterocycles. The van der Waals surface area contributed by atoms with Gasteiger partial charge in [-0.15, -0.1) is 5.10 Å². The number of rotatable bonds is 3. The largest absolute Gasteiger partial charge is 0.309 e. The van der Waals surface area contributed by atoms with Crippen LogP contribution in [0.5, 0.6) is 0 Å². The van der Waals surface area contributed by atoms with Gasteiger partial charge in [-0.1, -0.05) is 36.8 Å². The lowest BCUT2D eigenvalue weighted by Gasteiger charge is -2.22. The summed E-state index contributed by atoms with van der Waals surface area (Å²) in [6, 6.07) is 10.9. The summed E-state index contributed by atoms with van der Waals surface area (Å²) in [5, 5.41) is 18.7. The lowest BCUT2D eigenvalue weighted by Crippen LogP contribution is -2.18. The van der Waals surface area contributed by atoms with Gasteiger partial charge in [-0.3, -0.25) is 4.98 Å². The number of nitrogens with zero attached hydrogens (tertiary/aromatic N) is 4. The van der Waals surface area contributed by atoms with E-state index in [-0.39, 0.29) is 6.04 Å². The lowest BCUT2D eigenvalue weighted by atomic mass is 9.88. The molecule has 5 rings (SSSR count). The van der Waals surface area contributed by atoms with E-state index in [1.165, 1.54) is 48.1 Å². The second kappa shape index (κ2) is 7.19. The van der Waals surface area contributed by atoms with Gasteiger partial charge in [0.1, 0.15) is 0 Å². The van der Waals surface area contributed by atoms with Crippen molar-refractivity contribution in [2.45, 2.75) is 51.0 Å². The molecule has 0 unspecified atom stereocenters. The second-order valence-electron chi connectivity index (χ2n) is 7.50. The van der Waals surface area contributed by atoms with Gasteiger partial charge in [0.15, 0.2) is 5.82 Å². The zero-order chi connectivity index (χ0) is 18.1. The maximum Gasteiger partial charge on any atom is 0.181 e. The van der Waals surface area contributed by atoms with Gasteiger partial charge in [-0.2, -0.15) is 0 Å². The summed E-state index contributed by atoms with van der Waals surface area (Å²) in [5.74, 6) is 0.720. The van der Waals surface area contributed by atoms with E-state index < -0.39 is 0 Å². The van der Waals surface area contributed by atoms with E-state index >= 15 is 0 Å². The van der Waals surface area contributed by atoms with Crippen LogP contribution in [-0.4, -0.2) is 32.2 Å². The number of H-pyrrole nitrogens is 1. The van der Waals surface area contributed by atoms with Crippen molar-refractivity contribution in [3.05, 3.63) is 47.3 Å². The number of benzene rings is 1. The van der Waals surface area contributed by atoms with E-state index in [9.17, 15) is 0 Å². The smallest absolute Gasteiger partial charge is 0.181 e. The summed E-state index contributed by atoms with van der Waals surface area (Å²) in [6.45, 7) is 1.04. The molecule has 6 heteroatoms. The van der Waals surface area contributed by atoms with Gasteiger partial charge in [0.25, 0.3) is 0 Å². The Balaban J connectivity index is 1.83. The molecule has 138 valence electrons. The molecular formula is C21H24N6. The molecule has 1 aliphatic carbocycles. The molecular weight excluding hydrogens is 336 g/mol. The number of hydrogen-bond acceptors (Lipinski definition) is 5. The normalized spacial score (nSPS) is 19.6. The summed E-state index contributed by atoms with van der Waals surface area (Å²) in [7, 11) is 0. The van der Waals surface area contributed by atoms with Crippen molar-refractivity contribution < 1.29 is 0 Å². The van der Waals surface area contributed by atoms with Crippen LogP contribution in [0.3, 0.4) is 0 Å². The molecule has 0 amide bonds. The predicted octanol–water partition coefficient (Wildman–Crippen LogP) is 3.62. The summed E-state index contributed by atoms with van der Waals surface area (Å²) < 4.78 is 0. The molecule has 6 nitrogen and oxygen atoms in total. The van der Waals surface area contributed by atoms with Gasteiger partial charge in [0, 0.05) is 5.69 Å². The maximum absolute atomic E-state index is 5.22. The molecule has 1 fully saturated rings. The Morgan fingerprint density at radius 1 is 0.926 bits per heavy atom. The molecule has 1 saturated heterocycles. The monoisotopic (exact) mass is 360 g/mol. The summed E-state index contributed by atoms with van der Waals surface area (Å²) in [4.78, 5) is 5.22. The highest BCUT2D eigenvalue weighted by Crippen LogP contribution is 2.42. The van der Waals surface area contributed by atoms with Gasteiger partial charge in [-0.05, 0) is 72.2 Å². The fourth-order valence-corrected chi connectivity index (χ4v) is 4.54. The molecule has 2 N–H and O–H groups in total. The van der Waals surface area contributed by atoms with Crippen LogP contribution in [0.1, 0.15) is 55.1 Å². The zero-order valence-corrected chi connectivity index (χ0v) is 15.4. The number of aryl methyl sites for hydroxylation is 1. The predicted molar refractivity (Wildman–Crippen MR) is 104 cm³/mol. The van der Waals surface area contributed by atoms with Gasteiger partial charge in [0.2, 0.25) is 0 Å². The van der Waals surface area contributed by atoms with Gasteiger partial charge in [0.05, 0.1) is 17.3 Å². The van der Waals surface area contributed by atoms with Crippen molar-refractivity contribution in [3.8, 4) is 22.5 Å². The summed E-state index contributed by atoms with van der Waals surface area (Å²) in [5.41, 5.74) is 7.32. The van der Waals surface area contributed by atoms with Crippen LogP contribution in [0, 0.1) is 0 Å². The number of aromatic amines is 1. The van der Waals surface area contributed by atoms with Crippen LogP contribution in [-0.2, 0) is 12.8 Å². The number of fused-ring (bicyclic) bond motifs is 1. The summed E-state index contributed by atoms with van der Waals surface area (Å²) >= 11 is 0. The Labute approximate surface area is 158 Å². The third kappa shape index (κ3) is 3.04. The first kappa shape index (κ1) is 16.6. The SMILES string of the molecule is c1ccc(-c2c3c(nc([C@@H]4CCCN4)c2-c2nnn[nH]2)CCCCC3)cc1. The van der Waals surface area contributed by atoms with Crippen molar-refractivity contribution in [2.75, 3.05) is 6.54 Å². The third-order valence-electron chi connectivity index (χ3n) is 5.79. The van der Waals surface area contributed by atoms with E-state index in [1.54, 1.807) is 0 Å². The Kier molecular flexibility index (Phi) is 4.41. The first-order valence-corrected chi connectivity index (χ1v) is 10.0. The average Bonchev–Trinajstić information content (AvgIpc) is 3.38. The second-order valence-corrected chi connectivity index (χ2v) is 7.50. The topological polar surface area (TPSA) is 79.4 Å². The number of nitrogens with one attached hydrogen (secondary N) is 2. The van der Waals surface area contributed by atoms with Crippen molar-refractivity contribution >= 4 is 0 Å². The van der Waals surface area contributed by atoms with Crippen molar-refractivity contribution in [1.82, 2.24) is 30.9 Å². The molecule has 0 bridgehead atoms. The van der Waals surface area contributed by atoms with Crippen LogP contribution in [0.25, 0.3) is 22.5 Å². The number of pyridine rings is 1. The van der Waals surface area contributed by atoms with E-state index in [2.05, 4.69) is 56.3 Å². The maximum atomic E-state index is 5.22. The Bertz CT molecular complexity index is 914.